The van der Waals surface area contributed by atoms with Crippen molar-refractivity contribution in [3.8, 4) is 0 Å². The van der Waals surface area contributed by atoms with E-state index in [9.17, 15) is 22.9 Å². The predicted molar refractivity (Wildman–Crippen MR) is 110 cm³/mol. The number of nitrogens with zero attached hydrogens (tertiary/aromatic N) is 1. The van der Waals surface area contributed by atoms with Gasteiger partial charge in [0.2, 0.25) is 17.0 Å². The number of aryl methyl sites for hydroxylation is 1. The summed E-state index contributed by atoms with van der Waals surface area (Å²) in [5, 5.41) is 14.2. The number of ketones is 1. The number of nitrogens with one attached hydrogen (secondary N) is 1. The Morgan fingerprint density at radius 1 is 1.07 bits per heavy atom. The Hall–Kier alpha value is -3.49. The van der Waals surface area contributed by atoms with Gasteiger partial charge in [0.05, 0.1) is 10.5 Å². The number of hydrogen-bond acceptors (Lipinski definition) is 6. The number of para-hydroxylation sites is 1. The fourth-order valence-electron chi connectivity index (χ4n) is 3.43. The van der Waals surface area contributed by atoms with Gasteiger partial charge < -0.3 is 15.0 Å². The van der Waals surface area contributed by atoms with Gasteiger partial charge in [-0.25, -0.2) is 8.42 Å². The van der Waals surface area contributed by atoms with E-state index in [4.69, 9.17) is 0 Å². The molecule has 152 valence electrons. The van der Waals surface area contributed by atoms with Gasteiger partial charge in [0.15, 0.2) is 5.76 Å². The van der Waals surface area contributed by atoms with E-state index in [1.165, 1.54) is 12.1 Å². The standard InChI is InChI=1S/C22H18N2O5S/c1-2-24-16(10-7-14-5-3-4-6-19(14)24)13-18-21(25)20(22(18)26)23-15-8-11-17(12-9-15)30(27,28)29/h3-13H,2H2,1H3,(H2,25,26,27,28,29). The third kappa shape index (κ3) is 3.47. The molecule has 1 aliphatic rings. The Labute approximate surface area is 173 Å². The second-order valence-corrected chi connectivity index (χ2v) is 8.16. The lowest BCUT2D eigenvalue weighted by Gasteiger charge is -2.22. The van der Waals surface area contributed by atoms with Gasteiger partial charge >= 0.3 is 0 Å². The van der Waals surface area contributed by atoms with E-state index in [1.807, 2.05) is 43.3 Å². The highest BCUT2D eigenvalue weighted by Crippen LogP contribution is 2.31. The number of anilines is 1. The third-order valence-corrected chi connectivity index (χ3v) is 5.81. The Morgan fingerprint density at radius 3 is 2.40 bits per heavy atom. The fraction of sp³-hybridized carbons (Fsp3) is 0.0909. The van der Waals surface area contributed by atoms with E-state index >= 15 is 0 Å². The number of rotatable bonds is 5. The summed E-state index contributed by atoms with van der Waals surface area (Å²) < 4.78 is 35.1. The first-order valence-electron chi connectivity index (χ1n) is 9.24. The van der Waals surface area contributed by atoms with E-state index in [0.717, 1.165) is 28.7 Å². The molecule has 1 aliphatic carbocycles. The lowest BCUT2D eigenvalue weighted by molar-refractivity contribution is -0.669. The molecular weight excluding hydrogens is 404 g/mol. The number of Topliss-reactive ketones (excluding diaryl/α,β-unsaturated/α-hetero) is 1. The molecule has 0 amide bonds. The minimum atomic E-state index is -4.54. The van der Waals surface area contributed by atoms with Gasteiger partial charge in [-0.05, 0) is 43.3 Å². The van der Waals surface area contributed by atoms with Crippen molar-refractivity contribution in [2.75, 3.05) is 5.32 Å². The summed E-state index contributed by atoms with van der Waals surface area (Å²) in [4.78, 5) is 12.2. The normalized spacial score (nSPS) is 15.5. The number of aromatic nitrogens is 1. The maximum absolute atomic E-state index is 12.6. The molecule has 0 fully saturated rings. The molecule has 0 radical (unpaired) electrons. The van der Waals surface area contributed by atoms with Crippen LogP contribution in [0.2, 0.25) is 0 Å². The van der Waals surface area contributed by atoms with E-state index in [2.05, 4.69) is 9.88 Å². The lowest BCUT2D eigenvalue weighted by Crippen LogP contribution is -2.37. The van der Waals surface area contributed by atoms with Crippen LogP contribution in [-0.4, -0.2) is 23.9 Å². The molecule has 0 aliphatic heterocycles. The molecule has 2 N–H and O–H groups in total. The summed E-state index contributed by atoms with van der Waals surface area (Å²) in [6.45, 7) is 2.70. The van der Waals surface area contributed by atoms with Gasteiger partial charge in [-0.3, -0.25) is 4.79 Å². The smallest absolute Gasteiger partial charge is 0.217 e. The molecule has 1 heterocycles. The molecule has 0 spiro atoms. The molecule has 30 heavy (non-hydrogen) atoms. The van der Waals surface area contributed by atoms with Crippen LogP contribution in [-0.2, 0) is 21.5 Å². The van der Waals surface area contributed by atoms with Crippen LogP contribution in [0, 0.1) is 0 Å². The van der Waals surface area contributed by atoms with Gasteiger partial charge in [-0.15, -0.1) is 0 Å². The van der Waals surface area contributed by atoms with Crippen molar-refractivity contribution in [2.24, 2.45) is 0 Å². The largest absolute Gasteiger partial charge is 0.744 e. The second-order valence-electron chi connectivity index (χ2n) is 6.78. The van der Waals surface area contributed by atoms with E-state index in [1.54, 1.807) is 6.08 Å². The number of aliphatic hydroxyl groups is 1. The van der Waals surface area contributed by atoms with Crippen LogP contribution in [0.4, 0.5) is 5.69 Å². The first-order valence-corrected chi connectivity index (χ1v) is 10.6. The molecule has 1 aromatic heterocycles. The highest BCUT2D eigenvalue weighted by Gasteiger charge is 2.35. The Bertz CT molecular complexity index is 1340. The van der Waals surface area contributed by atoms with Crippen molar-refractivity contribution in [1.29, 1.82) is 0 Å². The molecular formula is C22H18N2O5S. The van der Waals surface area contributed by atoms with Gasteiger partial charge in [0, 0.05) is 29.3 Å². The lowest BCUT2D eigenvalue weighted by atomic mass is 9.92. The molecule has 0 saturated heterocycles. The van der Waals surface area contributed by atoms with Crippen molar-refractivity contribution < 1.29 is 27.4 Å². The van der Waals surface area contributed by atoms with Crippen LogP contribution in [0.15, 0.2) is 82.6 Å². The maximum Gasteiger partial charge on any atom is 0.217 e. The monoisotopic (exact) mass is 422 g/mol. The summed E-state index contributed by atoms with van der Waals surface area (Å²) in [6, 6.07) is 16.8. The Balaban J connectivity index is 1.64. The van der Waals surface area contributed by atoms with Crippen molar-refractivity contribution >= 4 is 38.6 Å². The molecule has 2 aromatic carbocycles. The second kappa shape index (κ2) is 7.40. The number of aliphatic hydroxyl groups excluding tert-OH is 1. The summed E-state index contributed by atoms with van der Waals surface area (Å²) in [7, 11) is -4.54. The molecule has 0 atom stereocenters. The van der Waals surface area contributed by atoms with Crippen LogP contribution >= 0.6 is 0 Å². The maximum atomic E-state index is 12.6. The Morgan fingerprint density at radius 2 is 1.77 bits per heavy atom. The average molecular weight is 422 g/mol. The first-order chi connectivity index (χ1) is 14.3. The molecule has 7 nitrogen and oxygen atoms in total. The third-order valence-electron chi connectivity index (χ3n) is 4.96. The molecule has 3 aromatic rings. The SMILES string of the molecule is CC[n+]1c(C=C2C(=O)C(Nc3ccc(S(=O)(=O)[O-])cc3)=C2O)ccc2ccccc21. The van der Waals surface area contributed by atoms with Crippen LogP contribution < -0.4 is 9.88 Å². The number of hydrogen-bond donors (Lipinski definition) is 2. The van der Waals surface area contributed by atoms with E-state index < -0.39 is 10.1 Å². The predicted octanol–water partition coefficient (Wildman–Crippen LogP) is 2.90. The first kappa shape index (κ1) is 19.8. The van der Waals surface area contributed by atoms with E-state index in [0.29, 0.717) is 12.2 Å². The highest BCUT2D eigenvalue weighted by atomic mass is 32.2. The highest BCUT2D eigenvalue weighted by molar-refractivity contribution is 7.85. The van der Waals surface area contributed by atoms with Crippen molar-refractivity contribution in [1.82, 2.24) is 0 Å². The molecule has 0 unspecified atom stereocenters. The minimum absolute atomic E-state index is 0.0165. The molecule has 4 rings (SSSR count). The topological polar surface area (TPSA) is 110 Å². The number of allylic oxidation sites excluding steroid dienone is 2. The summed E-state index contributed by atoms with van der Waals surface area (Å²) in [5.74, 6) is -0.528. The van der Waals surface area contributed by atoms with Crippen molar-refractivity contribution in [2.45, 2.75) is 18.4 Å². The van der Waals surface area contributed by atoms with Crippen LogP contribution in [0.25, 0.3) is 17.0 Å². The van der Waals surface area contributed by atoms with E-state index in [-0.39, 0.29) is 27.7 Å². The van der Waals surface area contributed by atoms with Gasteiger partial charge in [-0.2, -0.15) is 4.57 Å². The van der Waals surface area contributed by atoms with Crippen LogP contribution in [0.5, 0.6) is 0 Å². The van der Waals surface area contributed by atoms with Crippen LogP contribution in [0.1, 0.15) is 12.6 Å². The van der Waals surface area contributed by atoms with Crippen LogP contribution in [0.3, 0.4) is 0 Å². The van der Waals surface area contributed by atoms with Gasteiger partial charge in [0.25, 0.3) is 0 Å². The van der Waals surface area contributed by atoms with Crippen molar-refractivity contribution in [3.63, 3.8) is 0 Å². The fourth-order valence-corrected chi connectivity index (χ4v) is 3.90. The van der Waals surface area contributed by atoms with Gasteiger partial charge in [-0.1, -0.05) is 12.1 Å². The number of benzene rings is 2. The summed E-state index contributed by atoms with van der Waals surface area (Å²) in [6.07, 6.45) is 1.64. The zero-order chi connectivity index (χ0) is 21.5. The molecule has 0 bridgehead atoms. The summed E-state index contributed by atoms with van der Waals surface area (Å²) in [5.41, 5.74) is 2.40. The number of carbonyl (C=O) groups is 1. The molecule has 0 saturated carbocycles. The average Bonchev–Trinajstić information content (AvgIpc) is 2.74. The number of carbonyl (C=O) groups excluding carboxylic acids is 1. The zero-order valence-corrected chi connectivity index (χ0v) is 16.8. The van der Waals surface area contributed by atoms with Gasteiger partial charge in [0.1, 0.15) is 22.4 Å². The number of pyridine rings is 1. The minimum Gasteiger partial charge on any atom is -0.744 e. The van der Waals surface area contributed by atoms with Crippen molar-refractivity contribution in [3.05, 3.63) is 83.4 Å². The molecule has 8 heteroatoms. The quantitative estimate of drug-likeness (QED) is 0.372. The summed E-state index contributed by atoms with van der Waals surface area (Å²) >= 11 is 0. The number of fused-ring (bicyclic) bond motifs is 1. The zero-order valence-electron chi connectivity index (χ0n) is 16.0. The Kier molecular flexibility index (Phi) is 4.89.